The largest absolute Gasteiger partial charge is 0.494 e. The molecule has 2 aliphatic rings. The molecule has 196 valence electrons. The Morgan fingerprint density at radius 3 is 2.57 bits per heavy atom. The van der Waals surface area contributed by atoms with Crippen molar-refractivity contribution in [1.82, 2.24) is 4.90 Å². The molecule has 2 aromatic carbocycles. The van der Waals surface area contributed by atoms with Crippen LogP contribution in [0.4, 0.5) is 20.6 Å². The molecule has 1 unspecified atom stereocenters. The van der Waals surface area contributed by atoms with Crippen molar-refractivity contribution < 1.29 is 23.5 Å². The molecule has 3 amide bonds. The number of hydrogen-bond donors (Lipinski definition) is 1. The molecule has 0 spiro atoms. The van der Waals surface area contributed by atoms with E-state index in [1.165, 1.54) is 12.1 Å². The third-order valence-corrected chi connectivity index (χ3v) is 7.64. The topological polar surface area (TPSA) is 79.0 Å². The van der Waals surface area contributed by atoms with Crippen LogP contribution in [0.2, 0.25) is 0 Å². The predicted molar refractivity (Wildman–Crippen MR) is 145 cm³/mol. The van der Waals surface area contributed by atoms with Gasteiger partial charge in [0.2, 0.25) is 5.91 Å². The van der Waals surface area contributed by atoms with Crippen LogP contribution in [0, 0.1) is 5.82 Å². The standard InChI is InChI=1S/C28H32FN3O4S/c1-6-32-23-14-22(29)18(12-21(23)17(3)15-28(32,4)5)13-24-26(34)31(27(35)37-24)16-25(33)30-19-8-10-20(11-9-19)36-7-2/h8-14,17H,6-7,15-16H2,1-5H3,(H,30,33)/b24-13+. The molecule has 1 fully saturated rings. The smallest absolute Gasteiger partial charge is 0.294 e. The minimum Gasteiger partial charge on any atom is -0.494 e. The van der Waals surface area contributed by atoms with Crippen LogP contribution in [0.3, 0.4) is 0 Å². The molecule has 2 aromatic rings. The Morgan fingerprint density at radius 2 is 1.92 bits per heavy atom. The second-order valence-electron chi connectivity index (χ2n) is 9.87. The van der Waals surface area contributed by atoms with Crippen molar-refractivity contribution in [3.8, 4) is 5.75 Å². The predicted octanol–water partition coefficient (Wildman–Crippen LogP) is 6.01. The van der Waals surface area contributed by atoms with Crippen LogP contribution >= 0.6 is 11.8 Å². The molecule has 1 N–H and O–H groups in total. The lowest BCUT2D eigenvalue weighted by Crippen LogP contribution is -2.48. The lowest BCUT2D eigenvalue weighted by atomic mass is 9.79. The summed E-state index contributed by atoms with van der Waals surface area (Å²) in [6.45, 7) is 11.2. The van der Waals surface area contributed by atoms with Gasteiger partial charge < -0.3 is 15.0 Å². The number of halogens is 1. The van der Waals surface area contributed by atoms with Crippen LogP contribution in [0.15, 0.2) is 41.3 Å². The number of carbonyl (C=O) groups is 3. The number of thioether (sulfide) groups is 1. The number of fused-ring (bicyclic) bond motifs is 1. The molecule has 0 bridgehead atoms. The average Bonchev–Trinajstić information content (AvgIpc) is 3.08. The molecule has 1 saturated heterocycles. The van der Waals surface area contributed by atoms with Gasteiger partial charge in [0, 0.05) is 29.0 Å². The fourth-order valence-electron chi connectivity index (χ4n) is 5.15. The van der Waals surface area contributed by atoms with Crippen LogP contribution in [-0.2, 0) is 9.59 Å². The summed E-state index contributed by atoms with van der Waals surface area (Å²) >= 11 is 0.709. The molecule has 2 heterocycles. The van der Waals surface area contributed by atoms with Gasteiger partial charge in [0.05, 0.1) is 11.5 Å². The van der Waals surface area contributed by atoms with Gasteiger partial charge in [0.25, 0.3) is 11.1 Å². The van der Waals surface area contributed by atoms with E-state index in [0.29, 0.717) is 29.8 Å². The summed E-state index contributed by atoms with van der Waals surface area (Å²) in [5.41, 5.74) is 2.56. The van der Waals surface area contributed by atoms with Crippen molar-refractivity contribution in [2.45, 2.75) is 52.5 Å². The highest BCUT2D eigenvalue weighted by molar-refractivity contribution is 8.18. The molecular weight excluding hydrogens is 493 g/mol. The SMILES string of the molecule is CCOc1ccc(NC(=O)CN2C(=O)S/C(=C/c3cc4c(cc3F)N(CC)C(C)(C)CC4C)C2=O)cc1. The van der Waals surface area contributed by atoms with Crippen molar-refractivity contribution in [1.29, 1.82) is 0 Å². The van der Waals surface area contributed by atoms with Gasteiger partial charge >= 0.3 is 0 Å². The zero-order valence-corrected chi connectivity index (χ0v) is 22.6. The third kappa shape index (κ3) is 5.51. The summed E-state index contributed by atoms with van der Waals surface area (Å²) < 4.78 is 20.6. The fraction of sp³-hybridized carbons (Fsp3) is 0.393. The number of ether oxygens (including phenoxy) is 1. The van der Waals surface area contributed by atoms with Crippen molar-refractivity contribution in [3.05, 3.63) is 58.2 Å². The highest BCUT2D eigenvalue weighted by Crippen LogP contribution is 2.44. The monoisotopic (exact) mass is 525 g/mol. The molecule has 7 nitrogen and oxygen atoms in total. The van der Waals surface area contributed by atoms with Gasteiger partial charge in [0.15, 0.2) is 0 Å². The van der Waals surface area contributed by atoms with E-state index in [1.807, 2.05) is 6.92 Å². The normalized spacial score (nSPS) is 19.8. The number of nitrogens with zero attached hydrogens (tertiary/aromatic N) is 2. The molecule has 0 aromatic heterocycles. The highest BCUT2D eigenvalue weighted by Gasteiger charge is 2.38. The molecule has 2 aliphatic heterocycles. The molecule has 37 heavy (non-hydrogen) atoms. The summed E-state index contributed by atoms with van der Waals surface area (Å²) in [5, 5.41) is 2.11. The third-order valence-electron chi connectivity index (χ3n) is 6.73. The van der Waals surface area contributed by atoms with Crippen molar-refractivity contribution in [2.24, 2.45) is 0 Å². The Balaban J connectivity index is 1.51. The highest BCUT2D eigenvalue weighted by atomic mass is 32.2. The number of amides is 3. The fourth-order valence-corrected chi connectivity index (χ4v) is 5.98. The zero-order chi connectivity index (χ0) is 26.9. The van der Waals surface area contributed by atoms with E-state index in [4.69, 9.17) is 4.74 Å². The van der Waals surface area contributed by atoms with Gasteiger partial charge in [-0.15, -0.1) is 0 Å². The van der Waals surface area contributed by atoms with Gasteiger partial charge in [0.1, 0.15) is 18.1 Å². The van der Waals surface area contributed by atoms with Gasteiger partial charge in [-0.2, -0.15) is 0 Å². The van der Waals surface area contributed by atoms with Crippen molar-refractivity contribution in [2.75, 3.05) is 29.9 Å². The number of carbonyl (C=O) groups excluding carboxylic acids is 3. The minimum atomic E-state index is -0.613. The number of rotatable bonds is 7. The average molecular weight is 526 g/mol. The summed E-state index contributed by atoms with van der Waals surface area (Å²) in [5.74, 6) is -0.697. The first-order valence-electron chi connectivity index (χ1n) is 12.4. The Kier molecular flexibility index (Phi) is 7.64. The van der Waals surface area contributed by atoms with E-state index in [0.717, 1.165) is 29.1 Å². The van der Waals surface area contributed by atoms with E-state index in [9.17, 15) is 14.4 Å². The lowest BCUT2D eigenvalue weighted by molar-refractivity contribution is -0.127. The Hall–Kier alpha value is -3.33. The van der Waals surface area contributed by atoms with Crippen LogP contribution in [0.25, 0.3) is 6.08 Å². The van der Waals surface area contributed by atoms with Crippen LogP contribution in [0.5, 0.6) is 5.75 Å². The Morgan fingerprint density at radius 1 is 1.22 bits per heavy atom. The number of anilines is 2. The minimum absolute atomic E-state index is 0.0915. The zero-order valence-electron chi connectivity index (χ0n) is 21.8. The van der Waals surface area contributed by atoms with E-state index in [-0.39, 0.29) is 21.9 Å². The van der Waals surface area contributed by atoms with Gasteiger partial charge in [-0.1, -0.05) is 6.92 Å². The molecule has 0 radical (unpaired) electrons. The maximum absolute atomic E-state index is 15.2. The van der Waals surface area contributed by atoms with E-state index < -0.39 is 29.4 Å². The summed E-state index contributed by atoms with van der Waals surface area (Å²) in [6, 6.07) is 10.1. The number of nitrogens with one attached hydrogen (secondary N) is 1. The van der Waals surface area contributed by atoms with E-state index >= 15 is 4.39 Å². The number of imide groups is 1. The number of benzene rings is 2. The van der Waals surface area contributed by atoms with E-state index in [1.54, 1.807) is 30.3 Å². The molecule has 1 atom stereocenters. The number of hydrogen-bond acceptors (Lipinski definition) is 6. The maximum Gasteiger partial charge on any atom is 0.294 e. The first kappa shape index (κ1) is 26.7. The second kappa shape index (κ2) is 10.6. The first-order valence-corrected chi connectivity index (χ1v) is 13.2. The molecule has 0 aliphatic carbocycles. The van der Waals surface area contributed by atoms with Crippen LogP contribution in [-0.4, -0.2) is 47.2 Å². The van der Waals surface area contributed by atoms with Gasteiger partial charge in [-0.3, -0.25) is 19.3 Å². The molecular formula is C28H32FN3O4S. The van der Waals surface area contributed by atoms with Gasteiger partial charge in [-0.25, -0.2) is 4.39 Å². The summed E-state index contributed by atoms with van der Waals surface area (Å²) in [4.78, 5) is 41.2. The van der Waals surface area contributed by atoms with E-state index in [2.05, 4.69) is 37.9 Å². The van der Waals surface area contributed by atoms with Crippen LogP contribution < -0.4 is 15.0 Å². The summed E-state index contributed by atoms with van der Waals surface area (Å²) in [7, 11) is 0. The maximum atomic E-state index is 15.2. The molecule has 0 saturated carbocycles. The second-order valence-corrected chi connectivity index (χ2v) is 10.9. The first-order chi connectivity index (χ1) is 17.5. The van der Waals surface area contributed by atoms with Crippen molar-refractivity contribution >= 4 is 46.3 Å². The van der Waals surface area contributed by atoms with Crippen molar-refractivity contribution in [3.63, 3.8) is 0 Å². The summed E-state index contributed by atoms with van der Waals surface area (Å²) in [6.07, 6.45) is 2.33. The molecule has 4 rings (SSSR count). The van der Waals surface area contributed by atoms with Crippen LogP contribution in [0.1, 0.15) is 58.1 Å². The Bertz CT molecular complexity index is 1260. The molecule has 9 heteroatoms. The van der Waals surface area contributed by atoms with Gasteiger partial charge in [-0.05, 0) is 99.8 Å². The Labute approximate surface area is 221 Å². The quantitative estimate of drug-likeness (QED) is 0.446. The lowest BCUT2D eigenvalue weighted by Gasteiger charge is -2.47.